The van der Waals surface area contributed by atoms with Crippen molar-refractivity contribution < 1.29 is 4.74 Å². The van der Waals surface area contributed by atoms with Gasteiger partial charge in [-0.1, -0.05) is 23.8 Å². The Balaban J connectivity index is 2.14. The Morgan fingerprint density at radius 2 is 2.10 bits per heavy atom. The molecule has 0 aromatic carbocycles. The van der Waals surface area contributed by atoms with Crippen LogP contribution in [0, 0.1) is 0 Å². The minimum Gasteiger partial charge on any atom is -0.490 e. The molecule has 0 bridgehead atoms. The number of nitrogens with zero attached hydrogens (tertiary/aromatic N) is 2. The van der Waals surface area contributed by atoms with E-state index in [9.17, 15) is 0 Å². The number of hydrogen-bond donors (Lipinski definition) is 1. The number of ether oxygens (including phenoxy) is 1. The predicted molar refractivity (Wildman–Crippen MR) is 81.6 cm³/mol. The second kappa shape index (κ2) is 7.03. The number of rotatable bonds is 5. The molecule has 104 valence electrons. The van der Waals surface area contributed by atoms with E-state index < -0.39 is 0 Å². The van der Waals surface area contributed by atoms with Gasteiger partial charge in [-0.25, -0.2) is 4.98 Å². The van der Waals surface area contributed by atoms with E-state index in [1.165, 1.54) is 0 Å². The van der Waals surface area contributed by atoms with Gasteiger partial charge in [-0.3, -0.25) is 4.98 Å². The lowest BCUT2D eigenvalue weighted by Crippen LogP contribution is -2.23. The number of pyridine rings is 2. The van der Waals surface area contributed by atoms with Crippen molar-refractivity contribution in [3.63, 3.8) is 0 Å². The Kier molecular flexibility index (Phi) is 5.09. The number of halogens is 1. The van der Waals surface area contributed by atoms with Crippen molar-refractivity contribution in [1.82, 2.24) is 9.97 Å². The van der Waals surface area contributed by atoms with E-state index >= 15 is 0 Å². The molecular weight excluding hydrogens is 274 g/mol. The van der Waals surface area contributed by atoms with Gasteiger partial charge in [0.15, 0.2) is 0 Å². The van der Waals surface area contributed by atoms with E-state index in [2.05, 4.69) is 9.97 Å². The Bertz CT molecular complexity index is 585. The van der Waals surface area contributed by atoms with E-state index in [-0.39, 0.29) is 6.04 Å². The molecule has 5 heteroatoms. The van der Waals surface area contributed by atoms with Crippen molar-refractivity contribution in [1.29, 1.82) is 0 Å². The molecule has 2 rings (SSSR count). The number of nitrogens with two attached hydrogens (primary N) is 1. The zero-order valence-corrected chi connectivity index (χ0v) is 11.9. The molecule has 0 unspecified atom stereocenters. The summed E-state index contributed by atoms with van der Waals surface area (Å²) in [6, 6.07) is 5.64. The van der Waals surface area contributed by atoms with Crippen LogP contribution in [-0.2, 0) is 0 Å². The first kappa shape index (κ1) is 14.5. The average molecular weight is 290 g/mol. The molecule has 0 amide bonds. The molecule has 0 radical (unpaired) electrons. The minimum atomic E-state index is -0.0264. The maximum atomic E-state index is 6.07. The van der Waals surface area contributed by atoms with Gasteiger partial charge in [0.05, 0.1) is 6.20 Å². The summed E-state index contributed by atoms with van der Waals surface area (Å²) in [5, 5.41) is 0.434. The van der Waals surface area contributed by atoms with E-state index in [1.807, 2.05) is 37.3 Å². The fourth-order valence-corrected chi connectivity index (χ4v) is 1.70. The van der Waals surface area contributed by atoms with Crippen LogP contribution < -0.4 is 10.5 Å². The summed E-state index contributed by atoms with van der Waals surface area (Å²) in [5.41, 5.74) is 7.49. The van der Waals surface area contributed by atoms with Crippen LogP contribution in [0.4, 0.5) is 0 Å². The van der Waals surface area contributed by atoms with Gasteiger partial charge in [-0.2, -0.15) is 0 Å². The predicted octanol–water partition coefficient (Wildman–Crippen LogP) is 3.03. The first-order valence-electron chi connectivity index (χ1n) is 6.27. The largest absolute Gasteiger partial charge is 0.490 e. The van der Waals surface area contributed by atoms with Crippen molar-refractivity contribution in [3.05, 3.63) is 53.1 Å². The zero-order valence-electron chi connectivity index (χ0n) is 11.2. The van der Waals surface area contributed by atoms with Crippen LogP contribution in [0.5, 0.6) is 5.75 Å². The van der Waals surface area contributed by atoms with Gasteiger partial charge in [-0.05, 0) is 30.7 Å². The first-order valence-corrected chi connectivity index (χ1v) is 6.65. The summed E-state index contributed by atoms with van der Waals surface area (Å²) in [6.45, 7) is 2.32. The third-order valence-electron chi connectivity index (χ3n) is 2.52. The third-order valence-corrected chi connectivity index (χ3v) is 2.83. The highest BCUT2D eigenvalue weighted by Gasteiger charge is 2.03. The van der Waals surface area contributed by atoms with Crippen LogP contribution >= 0.6 is 11.6 Å². The topological polar surface area (TPSA) is 61.0 Å². The molecule has 2 heterocycles. The van der Waals surface area contributed by atoms with Gasteiger partial charge in [0.25, 0.3) is 0 Å². The molecule has 2 aromatic heterocycles. The minimum absolute atomic E-state index is 0.0264. The van der Waals surface area contributed by atoms with Crippen LogP contribution in [0.2, 0.25) is 5.15 Å². The van der Waals surface area contributed by atoms with E-state index in [0.717, 1.165) is 11.1 Å². The standard InChI is InChI=1S/C15H16ClN3O/c1-11(17)10-20-14-8-13(15(16)19-9-14)3-2-12-4-6-18-7-5-12/h2-9,11H,10,17H2,1H3/b3-2+/t11-/m1/s1. The van der Waals surface area contributed by atoms with Gasteiger partial charge in [0.1, 0.15) is 17.5 Å². The average Bonchev–Trinajstić information content (AvgIpc) is 2.46. The fraction of sp³-hybridized carbons (Fsp3) is 0.200. The molecule has 4 nitrogen and oxygen atoms in total. The van der Waals surface area contributed by atoms with Crippen molar-refractivity contribution in [2.45, 2.75) is 13.0 Å². The van der Waals surface area contributed by atoms with E-state index in [1.54, 1.807) is 18.6 Å². The number of hydrogen-bond acceptors (Lipinski definition) is 4. The smallest absolute Gasteiger partial charge is 0.138 e. The van der Waals surface area contributed by atoms with E-state index in [0.29, 0.717) is 17.5 Å². The second-order valence-corrected chi connectivity index (χ2v) is 4.81. The highest BCUT2D eigenvalue weighted by molar-refractivity contribution is 6.31. The van der Waals surface area contributed by atoms with Gasteiger partial charge in [0.2, 0.25) is 0 Å². The maximum absolute atomic E-state index is 6.07. The quantitative estimate of drug-likeness (QED) is 0.860. The fourth-order valence-electron chi connectivity index (χ4n) is 1.53. The lowest BCUT2D eigenvalue weighted by molar-refractivity contribution is 0.295. The van der Waals surface area contributed by atoms with Crippen LogP contribution in [0.15, 0.2) is 36.8 Å². The summed E-state index contributed by atoms with van der Waals surface area (Å²) < 4.78 is 5.53. The maximum Gasteiger partial charge on any atom is 0.138 e. The van der Waals surface area contributed by atoms with Gasteiger partial charge in [0, 0.05) is 24.0 Å². The summed E-state index contributed by atoms with van der Waals surface area (Å²) in [7, 11) is 0. The first-order chi connectivity index (χ1) is 9.65. The molecule has 0 fully saturated rings. The number of aromatic nitrogens is 2. The summed E-state index contributed by atoms with van der Waals surface area (Å²) in [6.07, 6.45) is 8.90. The molecule has 0 aliphatic carbocycles. The second-order valence-electron chi connectivity index (χ2n) is 4.45. The molecule has 1 atom stereocenters. The Hall–Kier alpha value is -1.91. The molecule has 0 spiro atoms. The molecule has 2 N–H and O–H groups in total. The van der Waals surface area contributed by atoms with Crippen molar-refractivity contribution in [3.8, 4) is 5.75 Å². The highest BCUT2D eigenvalue weighted by atomic mass is 35.5. The van der Waals surface area contributed by atoms with E-state index in [4.69, 9.17) is 22.1 Å². The highest BCUT2D eigenvalue weighted by Crippen LogP contribution is 2.21. The molecular formula is C15H16ClN3O. The Labute approximate surface area is 123 Å². The molecule has 0 aliphatic heterocycles. The van der Waals surface area contributed by atoms with Crippen LogP contribution in [0.1, 0.15) is 18.1 Å². The molecule has 20 heavy (non-hydrogen) atoms. The van der Waals surface area contributed by atoms with Crippen LogP contribution in [-0.4, -0.2) is 22.6 Å². The molecule has 0 saturated carbocycles. The monoisotopic (exact) mass is 289 g/mol. The molecule has 2 aromatic rings. The van der Waals surface area contributed by atoms with Crippen molar-refractivity contribution >= 4 is 23.8 Å². The van der Waals surface area contributed by atoms with Gasteiger partial charge < -0.3 is 10.5 Å². The Morgan fingerprint density at radius 1 is 1.35 bits per heavy atom. The van der Waals surface area contributed by atoms with Crippen molar-refractivity contribution in [2.24, 2.45) is 5.73 Å². The zero-order chi connectivity index (χ0) is 14.4. The Morgan fingerprint density at radius 3 is 2.80 bits per heavy atom. The summed E-state index contributed by atoms with van der Waals surface area (Å²) >= 11 is 6.07. The van der Waals surface area contributed by atoms with Crippen LogP contribution in [0.3, 0.4) is 0 Å². The third kappa shape index (κ3) is 4.33. The molecule has 0 aliphatic rings. The SMILES string of the molecule is C[C@@H](N)COc1cnc(Cl)c(/C=C/c2ccncc2)c1. The normalized spacial score (nSPS) is 12.6. The summed E-state index contributed by atoms with van der Waals surface area (Å²) in [5.74, 6) is 0.654. The molecule has 0 saturated heterocycles. The van der Waals surface area contributed by atoms with Crippen molar-refractivity contribution in [2.75, 3.05) is 6.61 Å². The summed E-state index contributed by atoms with van der Waals surface area (Å²) in [4.78, 5) is 8.07. The van der Waals surface area contributed by atoms with Gasteiger partial charge >= 0.3 is 0 Å². The van der Waals surface area contributed by atoms with Gasteiger partial charge in [-0.15, -0.1) is 0 Å². The lowest BCUT2D eigenvalue weighted by atomic mass is 10.2. The van der Waals surface area contributed by atoms with Crippen LogP contribution in [0.25, 0.3) is 12.2 Å². The lowest BCUT2D eigenvalue weighted by Gasteiger charge is -2.09.